The van der Waals surface area contributed by atoms with E-state index in [9.17, 15) is 0 Å². The van der Waals surface area contributed by atoms with E-state index in [0.717, 1.165) is 17.1 Å². The van der Waals surface area contributed by atoms with E-state index < -0.39 is 0 Å². The molecule has 3 nitrogen and oxygen atoms in total. The van der Waals surface area contributed by atoms with Crippen molar-refractivity contribution in [3.05, 3.63) is 175 Å². The summed E-state index contributed by atoms with van der Waals surface area (Å²) < 4.78 is 4.91. The van der Waals surface area contributed by atoms with E-state index in [1.54, 1.807) is 0 Å². The molecule has 2 aromatic heterocycles. The van der Waals surface area contributed by atoms with Gasteiger partial charge in [-0.15, -0.1) is 0 Å². The highest BCUT2D eigenvalue weighted by Gasteiger charge is 2.36. The fourth-order valence-electron chi connectivity index (χ4n) is 8.31. The lowest BCUT2D eigenvalue weighted by Gasteiger charge is -2.42. The molecule has 3 heteroatoms. The molecule has 0 unspecified atom stereocenters. The molecule has 9 aromatic rings. The van der Waals surface area contributed by atoms with Gasteiger partial charge >= 0.3 is 0 Å². The number of aromatic nitrogens is 2. The number of benzene rings is 7. The van der Waals surface area contributed by atoms with Gasteiger partial charge in [0.05, 0.1) is 33.4 Å². The molecule has 0 fully saturated rings. The van der Waals surface area contributed by atoms with Crippen LogP contribution in [0.1, 0.15) is 25.0 Å². The lowest BCUT2D eigenvalue weighted by molar-refractivity contribution is 0.632. The Morgan fingerprint density at radius 3 is 1.31 bits per heavy atom. The molecule has 0 aliphatic carbocycles. The second-order valence-corrected chi connectivity index (χ2v) is 13.4. The Bertz CT molecular complexity index is 2640. The number of hydrogen-bond acceptors (Lipinski definition) is 1. The zero-order valence-electron chi connectivity index (χ0n) is 26.9. The maximum atomic E-state index is 2.47. The van der Waals surface area contributed by atoms with Crippen LogP contribution in [0.4, 0.5) is 17.1 Å². The molecule has 7 aromatic carbocycles. The molecule has 0 spiro atoms. The summed E-state index contributed by atoms with van der Waals surface area (Å²) in [4.78, 5) is 2.43. The van der Waals surface area contributed by atoms with Crippen molar-refractivity contribution >= 4 is 60.7 Å². The van der Waals surface area contributed by atoms with E-state index in [1.165, 1.54) is 66.1 Å². The minimum absolute atomic E-state index is 0.0881. The van der Waals surface area contributed by atoms with Crippen LogP contribution in [0.2, 0.25) is 0 Å². The first-order valence-corrected chi connectivity index (χ1v) is 16.7. The summed E-state index contributed by atoms with van der Waals surface area (Å²) in [5.41, 5.74) is 13.4. The lowest BCUT2D eigenvalue weighted by Crippen LogP contribution is -2.30. The normalized spacial score (nSPS) is 13.8. The average molecular weight is 616 g/mol. The summed E-state index contributed by atoms with van der Waals surface area (Å²) in [6.07, 6.45) is 0. The molecule has 0 saturated carbocycles. The summed E-state index contributed by atoms with van der Waals surface area (Å²) in [5, 5.41) is 5.02. The molecule has 228 valence electrons. The Morgan fingerprint density at radius 2 is 0.771 bits per heavy atom. The first-order valence-electron chi connectivity index (χ1n) is 16.7. The zero-order chi connectivity index (χ0) is 32.0. The molecule has 48 heavy (non-hydrogen) atoms. The van der Waals surface area contributed by atoms with Gasteiger partial charge in [0.15, 0.2) is 0 Å². The molecule has 3 heterocycles. The van der Waals surface area contributed by atoms with Crippen molar-refractivity contribution in [2.75, 3.05) is 4.90 Å². The summed E-state index contributed by atoms with van der Waals surface area (Å²) >= 11 is 0. The maximum Gasteiger partial charge on any atom is 0.0788 e. The van der Waals surface area contributed by atoms with Gasteiger partial charge in [0.1, 0.15) is 0 Å². The van der Waals surface area contributed by atoms with Crippen molar-refractivity contribution in [2.24, 2.45) is 0 Å². The van der Waals surface area contributed by atoms with E-state index in [-0.39, 0.29) is 5.41 Å². The van der Waals surface area contributed by atoms with Crippen molar-refractivity contribution in [2.45, 2.75) is 19.3 Å². The van der Waals surface area contributed by atoms with Crippen molar-refractivity contribution in [3.8, 4) is 11.4 Å². The molecular weight excluding hydrogens is 583 g/mol. The van der Waals surface area contributed by atoms with Gasteiger partial charge in [-0.05, 0) is 71.8 Å². The highest BCUT2D eigenvalue weighted by molar-refractivity contribution is 6.23. The fraction of sp³-hybridized carbons (Fsp3) is 0.0667. The highest BCUT2D eigenvalue weighted by Crippen LogP contribution is 2.51. The van der Waals surface area contributed by atoms with E-state index in [0.29, 0.717) is 0 Å². The quantitative estimate of drug-likeness (QED) is 0.193. The van der Waals surface area contributed by atoms with Gasteiger partial charge < -0.3 is 14.0 Å². The molecule has 0 radical (unpaired) electrons. The number of para-hydroxylation sites is 5. The molecule has 1 aliphatic rings. The van der Waals surface area contributed by atoms with Gasteiger partial charge in [0, 0.05) is 44.0 Å². The third-order valence-electron chi connectivity index (χ3n) is 10.5. The molecule has 1 aliphatic heterocycles. The summed E-state index contributed by atoms with van der Waals surface area (Å²) in [5.74, 6) is 0. The minimum atomic E-state index is -0.0881. The SMILES string of the molecule is CC1(C)c2ccccc2N(c2ccc(-n3c4ccccc4c4ccc5c6ccccc6n(-c6ccccc6)c5c43)cc2)c2ccccc21. The van der Waals surface area contributed by atoms with Crippen molar-refractivity contribution in [1.29, 1.82) is 0 Å². The first kappa shape index (κ1) is 27.1. The largest absolute Gasteiger partial charge is 0.310 e. The maximum absolute atomic E-state index is 2.47. The molecular formula is C45H33N3. The van der Waals surface area contributed by atoms with Crippen LogP contribution in [0, 0.1) is 0 Å². The Morgan fingerprint density at radius 1 is 0.354 bits per heavy atom. The van der Waals surface area contributed by atoms with Crippen LogP contribution in [0.3, 0.4) is 0 Å². The summed E-state index contributed by atoms with van der Waals surface area (Å²) in [6, 6.07) is 59.8. The van der Waals surface area contributed by atoms with Crippen LogP contribution in [0.15, 0.2) is 164 Å². The molecule has 0 bridgehead atoms. The fourth-order valence-corrected chi connectivity index (χ4v) is 8.31. The van der Waals surface area contributed by atoms with Crippen LogP contribution in [0.5, 0.6) is 0 Å². The summed E-state index contributed by atoms with van der Waals surface area (Å²) in [6.45, 7) is 4.67. The van der Waals surface area contributed by atoms with Gasteiger partial charge in [0.2, 0.25) is 0 Å². The Hall–Kier alpha value is -6.06. The topological polar surface area (TPSA) is 13.1 Å². The van der Waals surface area contributed by atoms with Gasteiger partial charge in [-0.3, -0.25) is 0 Å². The number of anilines is 3. The predicted molar refractivity (Wildman–Crippen MR) is 202 cm³/mol. The molecule has 0 N–H and O–H groups in total. The van der Waals surface area contributed by atoms with Crippen LogP contribution in [-0.4, -0.2) is 9.13 Å². The number of rotatable bonds is 3. The molecule has 10 rings (SSSR count). The third-order valence-corrected chi connectivity index (χ3v) is 10.5. The van der Waals surface area contributed by atoms with E-state index in [2.05, 4.69) is 192 Å². The van der Waals surface area contributed by atoms with Crippen molar-refractivity contribution in [3.63, 3.8) is 0 Å². The Balaban J connectivity index is 1.25. The van der Waals surface area contributed by atoms with Crippen LogP contribution in [0.25, 0.3) is 55.0 Å². The van der Waals surface area contributed by atoms with Crippen LogP contribution < -0.4 is 4.90 Å². The molecule has 0 saturated heterocycles. The van der Waals surface area contributed by atoms with Crippen molar-refractivity contribution < 1.29 is 0 Å². The highest BCUT2D eigenvalue weighted by atomic mass is 15.2. The molecule has 0 amide bonds. The predicted octanol–water partition coefficient (Wildman–Crippen LogP) is 12.0. The zero-order valence-corrected chi connectivity index (χ0v) is 26.9. The lowest BCUT2D eigenvalue weighted by atomic mass is 9.73. The summed E-state index contributed by atoms with van der Waals surface area (Å²) in [7, 11) is 0. The smallest absolute Gasteiger partial charge is 0.0788 e. The second kappa shape index (κ2) is 9.97. The van der Waals surface area contributed by atoms with E-state index in [1.807, 2.05) is 0 Å². The Kier molecular flexibility index (Phi) is 5.63. The number of hydrogen-bond donors (Lipinski definition) is 0. The molecule has 0 atom stereocenters. The monoisotopic (exact) mass is 615 g/mol. The van der Waals surface area contributed by atoms with Gasteiger partial charge in [0.25, 0.3) is 0 Å². The van der Waals surface area contributed by atoms with Crippen LogP contribution >= 0.6 is 0 Å². The average Bonchev–Trinajstić information content (AvgIpc) is 3.66. The van der Waals surface area contributed by atoms with Crippen molar-refractivity contribution in [1.82, 2.24) is 9.13 Å². The van der Waals surface area contributed by atoms with Gasteiger partial charge in [-0.1, -0.05) is 117 Å². The number of fused-ring (bicyclic) bond motifs is 9. The minimum Gasteiger partial charge on any atom is -0.310 e. The van der Waals surface area contributed by atoms with E-state index in [4.69, 9.17) is 0 Å². The van der Waals surface area contributed by atoms with E-state index >= 15 is 0 Å². The second-order valence-electron chi connectivity index (χ2n) is 13.4. The number of nitrogens with zero attached hydrogens (tertiary/aromatic N) is 3. The first-order chi connectivity index (χ1) is 23.6. The third kappa shape index (κ3) is 3.64. The Labute approximate surface area is 279 Å². The standard InChI is InChI=1S/C45H33N3/c1-45(2)37-18-8-12-22-41(37)46(42-23-13-9-19-38(42)45)31-24-26-32(27-25-31)48-40-21-11-7-17-34(40)36-29-28-35-33-16-6-10-20-39(33)47(43(35)44(36)48)30-14-4-3-5-15-30/h3-29H,1-2H3. The van der Waals surface area contributed by atoms with Crippen LogP contribution in [-0.2, 0) is 5.41 Å². The van der Waals surface area contributed by atoms with Gasteiger partial charge in [-0.25, -0.2) is 0 Å². The van der Waals surface area contributed by atoms with Gasteiger partial charge in [-0.2, -0.15) is 0 Å².